The first kappa shape index (κ1) is 19.9. The summed E-state index contributed by atoms with van der Waals surface area (Å²) in [5.74, 6) is 0. The monoisotopic (exact) mass is 299 g/mol. The van der Waals surface area contributed by atoms with Crippen molar-refractivity contribution in [3.05, 3.63) is 0 Å². The summed E-state index contributed by atoms with van der Waals surface area (Å²) in [7, 11) is 0. The van der Waals surface area contributed by atoms with Gasteiger partial charge in [0.15, 0.2) is 0 Å². The zero-order valence-electron chi connectivity index (χ0n) is 13.5. The summed E-state index contributed by atoms with van der Waals surface area (Å²) in [4.78, 5) is 20.5. The first-order valence-corrected chi connectivity index (χ1v) is 8.63. The maximum absolute atomic E-state index is 10.3. The number of carbonyl (C=O) groups excluding carboxylic acids is 2. The number of nitrogens with two attached hydrogens (primary N) is 1. The predicted molar refractivity (Wildman–Crippen MR) is 86.2 cm³/mol. The van der Waals surface area contributed by atoms with Gasteiger partial charge in [0.05, 0.1) is 6.61 Å². The van der Waals surface area contributed by atoms with Gasteiger partial charge in [0.25, 0.3) is 0 Å². The van der Waals surface area contributed by atoms with Gasteiger partial charge in [-0.1, -0.05) is 70.6 Å². The van der Waals surface area contributed by atoms with Gasteiger partial charge in [-0.05, 0) is 12.8 Å². The van der Waals surface area contributed by atoms with Gasteiger partial charge < -0.3 is 15.3 Å². The molecule has 0 bridgehead atoms. The fraction of sp³-hybridized carbons (Fsp3) is 0.882. The van der Waals surface area contributed by atoms with E-state index in [2.05, 4.69) is 4.74 Å². The molecule has 0 aromatic heterocycles. The lowest BCUT2D eigenvalue weighted by molar-refractivity contribution is -0.107. The third-order valence-corrected chi connectivity index (χ3v) is 3.71. The Morgan fingerprint density at radius 2 is 1.10 bits per heavy atom. The Hall–Kier alpha value is -1.06. The van der Waals surface area contributed by atoms with Gasteiger partial charge in [-0.3, -0.25) is 0 Å². The van der Waals surface area contributed by atoms with Crippen molar-refractivity contribution in [1.29, 1.82) is 0 Å². The molecule has 0 aromatic rings. The molecule has 0 spiro atoms. The molecule has 0 saturated heterocycles. The van der Waals surface area contributed by atoms with Gasteiger partial charge in [0, 0.05) is 6.42 Å². The highest BCUT2D eigenvalue weighted by molar-refractivity contribution is 5.64. The summed E-state index contributed by atoms with van der Waals surface area (Å²) >= 11 is 0. The van der Waals surface area contributed by atoms with E-state index in [0.717, 1.165) is 32.0 Å². The largest absolute Gasteiger partial charge is 0.450 e. The van der Waals surface area contributed by atoms with Crippen LogP contribution in [0.4, 0.5) is 4.79 Å². The van der Waals surface area contributed by atoms with Crippen LogP contribution >= 0.6 is 0 Å². The minimum absolute atomic E-state index is 0.460. The van der Waals surface area contributed by atoms with Crippen molar-refractivity contribution in [1.82, 2.24) is 0 Å². The van der Waals surface area contributed by atoms with Crippen molar-refractivity contribution in [2.24, 2.45) is 5.73 Å². The van der Waals surface area contributed by atoms with Crippen molar-refractivity contribution in [3.8, 4) is 0 Å². The van der Waals surface area contributed by atoms with Crippen molar-refractivity contribution in [3.63, 3.8) is 0 Å². The van der Waals surface area contributed by atoms with Gasteiger partial charge in [-0.15, -0.1) is 0 Å². The van der Waals surface area contributed by atoms with Crippen LogP contribution in [0, 0.1) is 0 Å². The second-order valence-corrected chi connectivity index (χ2v) is 5.72. The minimum Gasteiger partial charge on any atom is -0.450 e. The van der Waals surface area contributed by atoms with Crippen LogP contribution in [0.1, 0.15) is 89.9 Å². The first-order chi connectivity index (χ1) is 10.3. The molecule has 0 saturated carbocycles. The summed E-state index contributed by atoms with van der Waals surface area (Å²) in [6.45, 7) is 0.460. The lowest BCUT2D eigenvalue weighted by Crippen LogP contribution is -2.13. The Kier molecular flexibility index (Phi) is 16.1. The average molecular weight is 299 g/mol. The van der Waals surface area contributed by atoms with E-state index in [4.69, 9.17) is 5.73 Å². The SMILES string of the molecule is NC(=O)OCCCCCCCCCCCCCCCC=O. The highest BCUT2D eigenvalue weighted by Crippen LogP contribution is 2.12. The molecule has 0 rings (SSSR count). The standard InChI is InChI=1S/C17H33NO3/c18-17(20)21-16-14-12-10-8-6-4-2-1-3-5-7-9-11-13-15-19/h15H,1-14,16H2,(H2,18,20). The molecule has 0 unspecified atom stereocenters. The van der Waals surface area contributed by atoms with Crippen molar-refractivity contribution in [2.75, 3.05) is 6.61 Å². The molecule has 4 heteroatoms. The van der Waals surface area contributed by atoms with E-state index in [9.17, 15) is 9.59 Å². The molecule has 0 radical (unpaired) electrons. The summed E-state index contributed by atoms with van der Waals surface area (Å²) in [5, 5.41) is 0. The third kappa shape index (κ3) is 18.9. The van der Waals surface area contributed by atoms with Gasteiger partial charge in [0.2, 0.25) is 0 Å². The van der Waals surface area contributed by atoms with Crippen LogP contribution in [-0.4, -0.2) is 19.0 Å². The van der Waals surface area contributed by atoms with Gasteiger partial charge in [-0.25, -0.2) is 4.79 Å². The van der Waals surface area contributed by atoms with Crippen LogP contribution in [0.15, 0.2) is 0 Å². The number of primary amides is 1. The zero-order chi connectivity index (χ0) is 15.6. The normalized spacial score (nSPS) is 10.5. The molecule has 0 aliphatic heterocycles. The molecule has 0 atom stereocenters. The molecule has 4 nitrogen and oxygen atoms in total. The van der Waals surface area contributed by atoms with E-state index in [0.29, 0.717) is 6.61 Å². The van der Waals surface area contributed by atoms with E-state index < -0.39 is 6.09 Å². The number of ether oxygens (including phenoxy) is 1. The summed E-state index contributed by atoms with van der Waals surface area (Å²) in [6, 6.07) is 0. The predicted octanol–water partition coefficient (Wildman–Crippen LogP) is 4.74. The van der Waals surface area contributed by atoms with E-state index in [-0.39, 0.29) is 0 Å². The quantitative estimate of drug-likeness (QED) is 0.330. The molecule has 0 aliphatic carbocycles. The first-order valence-electron chi connectivity index (χ1n) is 8.63. The smallest absolute Gasteiger partial charge is 0.404 e. The van der Waals surface area contributed by atoms with Crippen LogP contribution < -0.4 is 5.73 Å². The van der Waals surface area contributed by atoms with E-state index >= 15 is 0 Å². The fourth-order valence-corrected chi connectivity index (χ4v) is 2.45. The van der Waals surface area contributed by atoms with Crippen molar-refractivity contribution >= 4 is 12.4 Å². The maximum atomic E-state index is 10.3. The number of amides is 1. The summed E-state index contributed by atoms with van der Waals surface area (Å²) in [6.07, 6.45) is 17.2. The Morgan fingerprint density at radius 1 is 0.714 bits per heavy atom. The van der Waals surface area contributed by atoms with Crippen molar-refractivity contribution < 1.29 is 14.3 Å². The van der Waals surface area contributed by atoms with Crippen molar-refractivity contribution in [2.45, 2.75) is 89.9 Å². The molecule has 21 heavy (non-hydrogen) atoms. The number of rotatable bonds is 16. The Balaban J connectivity index is 2.96. The topological polar surface area (TPSA) is 69.4 Å². The number of hydrogen-bond acceptors (Lipinski definition) is 3. The highest BCUT2D eigenvalue weighted by Gasteiger charge is 1.95. The summed E-state index contributed by atoms with van der Waals surface area (Å²) in [5.41, 5.74) is 4.88. The van der Waals surface area contributed by atoms with Gasteiger partial charge in [0.1, 0.15) is 6.29 Å². The van der Waals surface area contributed by atoms with Crippen LogP contribution in [0.25, 0.3) is 0 Å². The number of unbranched alkanes of at least 4 members (excludes halogenated alkanes) is 13. The Labute approximate surface area is 129 Å². The number of carbonyl (C=O) groups is 2. The average Bonchev–Trinajstić information content (AvgIpc) is 2.46. The van der Waals surface area contributed by atoms with Crippen LogP contribution in [0.3, 0.4) is 0 Å². The molecule has 0 fully saturated rings. The lowest BCUT2D eigenvalue weighted by Gasteiger charge is -2.03. The molecule has 0 heterocycles. The zero-order valence-corrected chi connectivity index (χ0v) is 13.5. The lowest BCUT2D eigenvalue weighted by atomic mass is 10.0. The maximum Gasteiger partial charge on any atom is 0.404 e. The molecule has 0 aromatic carbocycles. The Morgan fingerprint density at radius 3 is 1.48 bits per heavy atom. The molecule has 2 N–H and O–H groups in total. The third-order valence-electron chi connectivity index (χ3n) is 3.71. The van der Waals surface area contributed by atoms with Crippen LogP contribution in [0.5, 0.6) is 0 Å². The summed E-state index contributed by atoms with van der Waals surface area (Å²) < 4.78 is 4.68. The number of hydrogen-bond donors (Lipinski definition) is 1. The fourth-order valence-electron chi connectivity index (χ4n) is 2.45. The Bertz CT molecular complexity index is 244. The number of aldehydes is 1. The van der Waals surface area contributed by atoms with Gasteiger partial charge in [-0.2, -0.15) is 0 Å². The second kappa shape index (κ2) is 17.0. The molecule has 1 amide bonds. The van der Waals surface area contributed by atoms with Gasteiger partial charge >= 0.3 is 6.09 Å². The van der Waals surface area contributed by atoms with E-state index in [1.807, 2.05) is 0 Å². The minimum atomic E-state index is -0.668. The van der Waals surface area contributed by atoms with E-state index in [1.54, 1.807) is 0 Å². The molecule has 0 aliphatic rings. The van der Waals surface area contributed by atoms with E-state index in [1.165, 1.54) is 64.2 Å². The molecular formula is C17H33NO3. The highest BCUT2D eigenvalue weighted by atomic mass is 16.5. The van der Waals surface area contributed by atoms with Crippen LogP contribution in [-0.2, 0) is 9.53 Å². The second-order valence-electron chi connectivity index (χ2n) is 5.72. The molecule has 124 valence electrons. The van der Waals surface area contributed by atoms with Crippen LogP contribution in [0.2, 0.25) is 0 Å². The molecular weight excluding hydrogens is 266 g/mol.